The van der Waals surface area contributed by atoms with Crippen molar-refractivity contribution in [3.63, 3.8) is 0 Å². The van der Waals surface area contributed by atoms with Gasteiger partial charge in [-0.1, -0.05) is 0 Å². The molecule has 1 fully saturated rings. The summed E-state index contributed by atoms with van der Waals surface area (Å²) in [5, 5.41) is 3.14. The predicted octanol–water partition coefficient (Wildman–Crippen LogP) is 0.727. The molecule has 0 saturated carbocycles. The third-order valence-corrected chi connectivity index (χ3v) is 2.82. The second-order valence-electron chi connectivity index (χ2n) is 4.08. The van der Waals surface area contributed by atoms with Crippen LogP contribution in [0.15, 0.2) is 0 Å². The van der Waals surface area contributed by atoms with Crippen LogP contribution in [0.2, 0.25) is 0 Å². The molecule has 2 rings (SSSR count). The molecule has 0 spiro atoms. The van der Waals surface area contributed by atoms with E-state index in [-0.39, 0.29) is 12.0 Å². The van der Waals surface area contributed by atoms with Gasteiger partial charge in [-0.2, -0.15) is 9.97 Å². The molecule has 0 radical (unpaired) electrons. The van der Waals surface area contributed by atoms with E-state index in [2.05, 4.69) is 20.3 Å². The lowest BCUT2D eigenvalue weighted by Crippen LogP contribution is -2.12. The van der Waals surface area contributed by atoms with Crippen molar-refractivity contribution in [2.24, 2.45) is 5.92 Å². The first-order valence-electron chi connectivity index (χ1n) is 5.97. The number of ether oxygens (including phenoxy) is 3. The number of methoxy groups -OCH3 is 2. The van der Waals surface area contributed by atoms with E-state index in [0.717, 1.165) is 32.6 Å². The van der Waals surface area contributed by atoms with Gasteiger partial charge in [-0.25, -0.2) is 0 Å². The Labute approximate surface area is 106 Å². The molecule has 1 saturated heterocycles. The molecule has 1 unspecified atom stereocenters. The van der Waals surface area contributed by atoms with Crippen LogP contribution in [0.25, 0.3) is 0 Å². The van der Waals surface area contributed by atoms with Gasteiger partial charge >= 0.3 is 12.0 Å². The average molecular weight is 254 g/mol. The minimum Gasteiger partial charge on any atom is -0.467 e. The van der Waals surface area contributed by atoms with Gasteiger partial charge in [0.1, 0.15) is 0 Å². The van der Waals surface area contributed by atoms with Crippen molar-refractivity contribution in [3.8, 4) is 12.0 Å². The lowest BCUT2D eigenvalue weighted by atomic mass is 10.1. The maximum absolute atomic E-state index is 5.32. The third kappa shape index (κ3) is 3.43. The molecule has 7 heteroatoms. The summed E-state index contributed by atoms with van der Waals surface area (Å²) in [5.74, 6) is 1.10. The van der Waals surface area contributed by atoms with E-state index in [4.69, 9.17) is 14.2 Å². The Hall–Kier alpha value is -1.63. The van der Waals surface area contributed by atoms with E-state index < -0.39 is 0 Å². The fraction of sp³-hybridized carbons (Fsp3) is 0.727. The fourth-order valence-electron chi connectivity index (χ4n) is 1.80. The standard InChI is InChI=1S/C11H18N4O3/c1-16-10-13-9(14-11(15-10)17-2)12-5-3-8-4-6-18-7-8/h8H,3-7H2,1-2H3,(H,12,13,14,15). The first-order chi connectivity index (χ1) is 8.81. The smallest absolute Gasteiger partial charge is 0.324 e. The van der Waals surface area contributed by atoms with Crippen LogP contribution < -0.4 is 14.8 Å². The number of hydrogen-bond donors (Lipinski definition) is 1. The largest absolute Gasteiger partial charge is 0.467 e. The summed E-state index contributed by atoms with van der Waals surface area (Å²) in [6, 6.07) is 0.488. The number of nitrogens with zero attached hydrogens (tertiary/aromatic N) is 3. The van der Waals surface area contributed by atoms with Crippen LogP contribution in [0.1, 0.15) is 12.8 Å². The van der Waals surface area contributed by atoms with E-state index in [0.29, 0.717) is 11.9 Å². The molecule has 0 aliphatic carbocycles. The van der Waals surface area contributed by atoms with Gasteiger partial charge in [-0.05, 0) is 18.8 Å². The van der Waals surface area contributed by atoms with Gasteiger partial charge < -0.3 is 19.5 Å². The first-order valence-corrected chi connectivity index (χ1v) is 5.97. The molecule has 1 atom stereocenters. The van der Waals surface area contributed by atoms with Crippen LogP contribution >= 0.6 is 0 Å². The zero-order valence-corrected chi connectivity index (χ0v) is 10.7. The van der Waals surface area contributed by atoms with Crippen LogP contribution in [0.4, 0.5) is 5.95 Å². The second-order valence-corrected chi connectivity index (χ2v) is 4.08. The quantitative estimate of drug-likeness (QED) is 0.801. The highest BCUT2D eigenvalue weighted by molar-refractivity contribution is 5.27. The van der Waals surface area contributed by atoms with Crippen molar-refractivity contribution in [1.82, 2.24) is 15.0 Å². The van der Waals surface area contributed by atoms with E-state index in [1.54, 1.807) is 0 Å². The Morgan fingerprint density at radius 3 is 2.50 bits per heavy atom. The van der Waals surface area contributed by atoms with Crippen LogP contribution in [-0.4, -0.2) is 48.9 Å². The van der Waals surface area contributed by atoms with Gasteiger partial charge in [0.05, 0.1) is 14.2 Å². The monoisotopic (exact) mass is 254 g/mol. The van der Waals surface area contributed by atoms with Crippen molar-refractivity contribution >= 4 is 5.95 Å². The zero-order chi connectivity index (χ0) is 12.8. The van der Waals surface area contributed by atoms with Crippen LogP contribution in [0.5, 0.6) is 12.0 Å². The van der Waals surface area contributed by atoms with E-state index in [1.165, 1.54) is 14.2 Å². The van der Waals surface area contributed by atoms with Gasteiger partial charge in [-0.15, -0.1) is 4.98 Å². The number of hydrogen-bond acceptors (Lipinski definition) is 7. The lowest BCUT2D eigenvalue weighted by molar-refractivity contribution is 0.185. The Kier molecular flexibility index (Phi) is 4.52. The van der Waals surface area contributed by atoms with Crippen LogP contribution in [0.3, 0.4) is 0 Å². The molecular weight excluding hydrogens is 236 g/mol. The fourth-order valence-corrected chi connectivity index (χ4v) is 1.80. The summed E-state index contributed by atoms with van der Waals surface area (Å²) in [6.45, 7) is 2.52. The maximum Gasteiger partial charge on any atom is 0.324 e. The maximum atomic E-state index is 5.32. The Morgan fingerprint density at radius 1 is 1.22 bits per heavy atom. The normalized spacial score (nSPS) is 18.7. The lowest BCUT2D eigenvalue weighted by Gasteiger charge is -2.09. The summed E-state index contributed by atoms with van der Waals surface area (Å²) in [5.41, 5.74) is 0. The minimum absolute atomic E-state index is 0.244. The summed E-state index contributed by atoms with van der Waals surface area (Å²) in [6.07, 6.45) is 2.17. The van der Waals surface area contributed by atoms with Gasteiger partial charge in [0.15, 0.2) is 0 Å². The first kappa shape index (κ1) is 12.8. The Balaban J connectivity index is 1.87. The van der Waals surface area contributed by atoms with Crippen molar-refractivity contribution in [2.45, 2.75) is 12.8 Å². The Bertz CT molecular complexity index is 360. The molecule has 1 aliphatic heterocycles. The van der Waals surface area contributed by atoms with Crippen molar-refractivity contribution in [2.75, 3.05) is 39.3 Å². The molecule has 18 heavy (non-hydrogen) atoms. The SMILES string of the molecule is COc1nc(NCCC2CCOC2)nc(OC)n1. The summed E-state index contributed by atoms with van der Waals surface area (Å²) in [7, 11) is 3.02. The van der Waals surface area contributed by atoms with E-state index in [9.17, 15) is 0 Å². The highest BCUT2D eigenvalue weighted by atomic mass is 16.5. The molecule has 0 aromatic carbocycles. The zero-order valence-electron chi connectivity index (χ0n) is 10.7. The molecular formula is C11H18N4O3. The van der Waals surface area contributed by atoms with Crippen molar-refractivity contribution < 1.29 is 14.2 Å². The minimum atomic E-state index is 0.244. The number of anilines is 1. The number of rotatable bonds is 6. The summed E-state index contributed by atoms with van der Waals surface area (Å²) < 4.78 is 15.3. The molecule has 1 aliphatic rings. The van der Waals surface area contributed by atoms with Gasteiger partial charge in [-0.3, -0.25) is 0 Å². The second kappa shape index (κ2) is 6.34. The molecule has 100 valence electrons. The van der Waals surface area contributed by atoms with E-state index in [1.807, 2.05) is 0 Å². The molecule has 7 nitrogen and oxygen atoms in total. The number of aromatic nitrogens is 3. The third-order valence-electron chi connectivity index (χ3n) is 2.82. The molecule has 0 amide bonds. The van der Waals surface area contributed by atoms with E-state index >= 15 is 0 Å². The topological polar surface area (TPSA) is 78.4 Å². The van der Waals surface area contributed by atoms with Crippen molar-refractivity contribution in [3.05, 3.63) is 0 Å². The summed E-state index contributed by atoms with van der Waals surface area (Å²) in [4.78, 5) is 12.1. The average Bonchev–Trinajstić information content (AvgIpc) is 2.91. The summed E-state index contributed by atoms with van der Waals surface area (Å²) >= 11 is 0. The van der Waals surface area contributed by atoms with Gasteiger partial charge in [0.2, 0.25) is 5.95 Å². The molecule has 1 N–H and O–H groups in total. The molecule has 2 heterocycles. The predicted molar refractivity (Wildman–Crippen MR) is 65.0 cm³/mol. The van der Waals surface area contributed by atoms with Gasteiger partial charge in [0.25, 0.3) is 0 Å². The van der Waals surface area contributed by atoms with Crippen molar-refractivity contribution in [1.29, 1.82) is 0 Å². The molecule has 0 bridgehead atoms. The van der Waals surface area contributed by atoms with Gasteiger partial charge in [0, 0.05) is 19.8 Å². The molecule has 1 aromatic heterocycles. The Morgan fingerprint density at radius 2 is 1.94 bits per heavy atom. The number of nitrogens with one attached hydrogen (secondary N) is 1. The highest BCUT2D eigenvalue weighted by Gasteiger charge is 2.15. The highest BCUT2D eigenvalue weighted by Crippen LogP contribution is 2.17. The van der Waals surface area contributed by atoms with Crippen LogP contribution in [-0.2, 0) is 4.74 Å². The van der Waals surface area contributed by atoms with Crippen LogP contribution in [0, 0.1) is 5.92 Å². The molecule has 1 aromatic rings.